The Labute approximate surface area is 159 Å². The number of ether oxygens (including phenoxy) is 1. The van der Waals surface area contributed by atoms with Gasteiger partial charge >= 0.3 is 0 Å². The van der Waals surface area contributed by atoms with Crippen LogP contribution in [0.2, 0.25) is 0 Å². The lowest BCUT2D eigenvalue weighted by Gasteiger charge is -2.26. The molecule has 0 aromatic carbocycles. The summed E-state index contributed by atoms with van der Waals surface area (Å²) in [7, 11) is 0. The molecule has 3 aromatic rings. The molecular formula is C20H26N6O. The van der Waals surface area contributed by atoms with Crippen LogP contribution in [0.15, 0.2) is 30.9 Å². The highest BCUT2D eigenvalue weighted by atomic mass is 16.5. The van der Waals surface area contributed by atoms with Gasteiger partial charge in [-0.2, -0.15) is 0 Å². The van der Waals surface area contributed by atoms with Gasteiger partial charge in [0.25, 0.3) is 0 Å². The second kappa shape index (κ2) is 8.02. The van der Waals surface area contributed by atoms with Crippen molar-refractivity contribution in [2.75, 3.05) is 44.7 Å². The Morgan fingerprint density at radius 3 is 2.67 bits per heavy atom. The van der Waals surface area contributed by atoms with Gasteiger partial charge in [0.1, 0.15) is 12.1 Å². The van der Waals surface area contributed by atoms with Crippen molar-refractivity contribution < 1.29 is 4.74 Å². The maximum absolute atomic E-state index is 5.41. The summed E-state index contributed by atoms with van der Waals surface area (Å²) in [4.78, 5) is 15.7. The van der Waals surface area contributed by atoms with E-state index in [9.17, 15) is 0 Å². The van der Waals surface area contributed by atoms with Crippen molar-refractivity contribution in [3.05, 3.63) is 42.1 Å². The van der Waals surface area contributed by atoms with Gasteiger partial charge in [0, 0.05) is 37.7 Å². The SMILES string of the molecule is Cc1c(C)n(-c2ccncc2)c2ncnc(NCCCN3CCOCC3)c12. The first-order valence-corrected chi connectivity index (χ1v) is 9.52. The molecule has 0 saturated carbocycles. The summed E-state index contributed by atoms with van der Waals surface area (Å²) >= 11 is 0. The van der Waals surface area contributed by atoms with Crippen LogP contribution in [0.3, 0.4) is 0 Å². The van der Waals surface area contributed by atoms with Gasteiger partial charge in [-0.15, -0.1) is 0 Å². The van der Waals surface area contributed by atoms with Gasteiger partial charge in [0.15, 0.2) is 5.65 Å². The number of fused-ring (bicyclic) bond motifs is 1. The zero-order chi connectivity index (χ0) is 18.6. The first-order chi connectivity index (χ1) is 13.3. The Morgan fingerprint density at radius 2 is 1.89 bits per heavy atom. The van der Waals surface area contributed by atoms with E-state index in [1.165, 1.54) is 11.3 Å². The predicted octanol–water partition coefficient (Wildman–Crippen LogP) is 2.57. The van der Waals surface area contributed by atoms with Crippen LogP contribution in [0.5, 0.6) is 0 Å². The highest BCUT2D eigenvalue weighted by Gasteiger charge is 2.17. The standard InChI is InChI=1S/C20H26N6O/c1-15-16(2)26(17-4-7-21-8-5-17)20-18(15)19(23-14-24-20)22-6-3-9-25-10-12-27-13-11-25/h4-5,7-8,14H,3,6,9-13H2,1-2H3,(H,22,23,24). The number of anilines is 1. The largest absolute Gasteiger partial charge is 0.379 e. The minimum Gasteiger partial charge on any atom is -0.379 e. The molecule has 142 valence electrons. The smallest absolute Gasteiger partial charge is 0.150 e. The lowest BCUT2D eigenvalue weighted by atomic mass is 10.2. The Kier molecular flexibility index (Phi) is 5.31. The summed E-state index contributed by atoms with van der Waals surface area (Å²) in [6.45, 7) is 10.00. The molecule has 4 rings (SSSR count). The molecule has 1 aliphatic rings. The molecule has 0 unspecified atom stereocenters. The Morgan fingerprint density at radius 1 is 1.11 bits per heavy atom. The number of pyridine rings is 1. The quantitative estimate of drug-likeness (QED) is 0.676. The van der Waals surface area contributed by atoms with Crippen LogP contribution in [0.4, 0.5) is 5.82 Å². The Balaban J connectivity index is 1.53. The molecule has 1 aliphatic heterocycles. The monoisotopic (exact) mass is 366 g/mol. The summed E-state index contributed by atoms with van der Waals surface area (Å²) in [6.07, 6.45) is 6.33. The van der Waals surface area contributed by atoms with Gasteiger partial charge in [-0.1, -0.05) is 0 Å². The molecule has 3 aromatic heterocycles. The van der Waals surface area contributed by atoms with Gasteiger partial charge in [-0.05, 0) is 44.5 Å². The Bertz CT molecular complexity index is 902. The van der Waals surface area contributed by atoms with Crippen molar-refractivity contribution in [1.82, 2.24) is 24.4 Å². The molecule has 0 spiro atoms. The van der Waals surface area contributed by atoms with E-state index in [0.717, 1.165) is 68.4 Å². The number of hydrogen-bond acceptors (Lipinski definition) is 6. The molecular weight excluding hydrogens is 340 g/mol. The minimum absolute atomic E-state index is 0.848. The molecule has 1 fully saturated rings. The molecule has 0 radical (unpaired) electrons. The summed E-state index contributed by atoms with van der Waals surface area (Å²) in [5, 5.41) is 4.62. The maximum Gasteiger partial charge on any atom is 0.150 e. The van der Waals surface area contributed by atoms with Crippen LogP contribution in [0.25, 0.3) is 16.7 Å². The fraction of sp³-hybridized carbons (Fsp3) is 0.450. The topological polar surface area (TPSA) is 68.1 Å². The zero-order valence-corrected chi connectivity index (χ0v) is 16.0. The first kappa shape index (κ1) is 17.9. The van der Waals surface area contributed by atoms with Crippen molar-refractivity contribution in [3.63, 3.8) is 0 Å². The molecule has 0 amide bonds. The molecule has 0 atom stereocenters. The predicted molar refractivity (Wildman–Crippen MR) is 106 cm³/mol. The number of aryl methyl sites for hydroxylation is 1. The number of rotatable bonds is 6. The Hall–Kier alpha value is -2.51. The second-order valence-electron chi connectivity index (χ2n) is 6.91. The molecule has 1 N–H and O–H groups in total. The van der Waals surface area contributed by atoms with Crippen molar-refractivity contribution >= 4 is 16.9 Å². The zero-order valence-electron chi connectivity index (χ0n) is 16.0. The maximum atomic E-state index is 5.41. The summed E-state index contributed by atoms with van der Waals surface area (Å²) in [5.41, 5.74) is 4.38. The third-order valence-electron chi connectivity index (χ3n) is 5.26. The van der Waals surface area contributed by atoms with Crippen LogP contribution in [0, 0.1) is 13.8 Å². The van der Waals surface area contributed by atoms with E-state index in [0.29, 0.717) is 0 Å². The van der Waals surface area contributed by atoms with Crippen LogP contribution in [-0.4, -0.2) is 63.8 Å². The van der Waals surface area contributed by atoms with Crippen LogP contribution in [-0.2, 0) is 4.74 Å². The van der Waals surface area contributed by atoms with E-state index in [2.05, 4.69) is 43.6 Å². The lowest BCUT2D eigenvalue weighted by molar-refractivity contribution is 0.0378. The number of nitrogens with zero attached hydrogens (tertiary/aromatic N) is 5. The summed E-state index contributed by atoms with van der Waals surface area (Å²) < 4.78 is 7.58. The number of morpholine rings is 1. The lowest BCUT2D eigenvalue weighted by Crippen LogP contribution is -2.37. The van der Waals surface area contributed by atoms with Crippen LogP contribution < -0.4 is 5.32 Å². The van der Waals surface area contributed by atoms with E-state index < -0.39 is 0 Å². The minimum atomic E-state index is 0.848. The molecule has 0 aliphatic carbocycles. The molecule has 1 saturated heterocycles. The third-order valence-corrected chi connectivity index (χ3v) is 5.26. The number of aromatic nitrogens is 4. The van der Waals surface area contributed by atoms with Gasteiger partial charge in [0.2, 0.25) is 0 Å². The molecule has 7 heteroatoms. The van der Waals surface area contributed by atoms with E-state index in [-0.39, 0.29) is 0 Å². The molecule has 27 heavy (non-hydrogen) atoms. The van der Waals surface area contributed by atoms with Crippen LogP contribution in [0.1, 0.15) is 17.7 Å². The van der Waals surface area contributed by atoms with Crippen molar-refractivity contribution in [3.8, 4) is 5.69 Å². The van der Waals surface area contributed by atoms with Gasteiger partial charge < -0.3 is 10.1 Å². The summed E-state index contributed by atoms with van der Waals surface area (Å²) in [6, 6.07) is 4.01. The fourth-order valence-corrected chi connectivity index (χ4v) is 3.68. The average molecular weight is 366 g/mol. The van der Waals surface area contributed by atoms with Crippen molar-refractivity contribution in [1.29, 1.82) is 0 Å². The highest BCUT2D eigenvalue weighted by molar-refractivity contribution is 5.93. The summed E-state index contributed by atoms with van der Waals surface area (Å²) in [5.74, 6) is 0.912. The van der Waals surface area contributed by atoms with E-state index >= 15 is 0 Å². The first-order valence-electron chi connectivity index (χ1n) is 9.52. The second-order valence-corrected chi connectivity index (χ2v) is 6.91. The van der Waals surface area contributed by atoms with Crippen molar-refractivity contribution in [2.45, 2.75) is 20.3 Å². The number of hydrogen-bond donors (Lipinski definition) is 1. The molecule has 0 bridgehead atoms. The average Bonchev–Trinajstić information content (AvgIpc) is 2.98. The van der Waals surface area contributed by atoms with Crippen LogP contribution >= 0.6 is 0 Å². The van der Waals surface area contributed by atoms with Crippen molar-refractivity contribution in [2.24, 2.45) is 0 Å². The van der Waals surface area contributed by atoms with Gasteiger partial charge in [-0.25, -0.2) is 9.97 Å². The third kappa shape index (κ3) is 3.65. The van der Waals surface area contributed by atoms with E-state index in [1.807, 2.05) is 24.5 Å². The van der Waals surface area contributed by atoms with Gasteiger partial charge in [0.05, 0.1) is 24.3 Å². The van der Waals surface area contributed by atoms with E-state index in [4.69, 9.17) is 4.74 Å². The molecule has 4 heterocycles. The fourth-order valence-electron chi connectivity index (χ4n) is 3.68. The van der Waals surface area contributed by atoms with E-state index in [1.54, 1.807) is 6.33 Å². The van der Waals surface area contributed by atoms with Gasteiger partial charge in [-0.3, -0.25) is 14.5 Å². The highest BCUT2D eigenvalue weighted by Crippen LogP contribution is 2.30. The molecule has 7 nitrogen and oxygen atoms in total. The number of nitrogens with one attached hydrogen (secondary N) is 1. The normalized spacial score (nSPS) is 15.3.